The average Bonchev–Trinajstić information content (AvgIpc) is 2.17. The molecule has 0 aliphatic carbocycles. The molecule has 1 N–H and O–H groups in total. The highest BCUT2D eigenvalue weighted by Gasteiger charge is 2.19. The zero-order chi connectivity index (χ0) is 11.5. The zero-order valence-electron chi connectivity index (χ0n) is 9.57. The molecule has 15 heavy (non-hydrogen) atoms. The van der Waals surface area contributed by atoms with Crippen molar-refractivity contribution >= 4 is 11.8 Å². The molecule has 0 fully saturated rings. The lowest BCUT2D eigenvalue weighted by Crippen LogP contribution is -2.35. The van der Waals surface area contributed by atoms with E-state index in [1.807, 2.05) is 39.3 Å². The molecule has 0 spiro atoms. The number of rotatable bonds is 2. The Kier molecular flexibility index (Phi) is 3.31. The van der Waals surface area contributed by atoms with Crippen molar-refractivity contribution in [2.45, 2.75) is 0 Å². The van der Waals surface area contributed by atoms with Crippen molar-refractivity contribution in [2.75, 3.05) is 28.2 Å². The van der Waals surface area contributed by atoms with Gasteiger partial charge in [0.05, 0.1) is 21.1 Å². The Labute approximate surface area is 90.1 Å². The van der Waals surface area contributed by atoms with Gasteiger partial charge in [0, 0.05) is 13.1 Å². The van der Waals surface area contributed by atoms with E-state index < -0.39 is 6.09 Å². The van der Waals surface area contributed by atoms with Crippen LogP contribution in [0.1, 0.15) is 0 Å². The highest BCUT2D eigenvalue weighted by Crippen LogP contribution is 2.29. The number of carbonyl (C=O) groups excluding carboxylic acids is 1. The standard InChI is InChI=1S/C11H16N2O2/c1-12-11(14)15-10-8-6-5-7-9(10)13(2,3)4/h5-8H,1-4H3/p+1. The van der Waals surface area contributed by atoms with Crippen molar-refractivity contribution < 1.29 is 9.53 Å². The van der Waals surface area contributed by atoms with E-state index in [4.69, 9.17) is 4.74 Å². The van der Waals surface area contributed by atoms with E-state index in [2.05, 4.69) is 5.32 Å². The first-order valence-corrected chi connectivity index (χ1v) is 4.75. The first-order chi connectivity index (χ1) is 6.95. The maximum atomic E-state index is 11.1. The van der Waals surface area contributed by atoms with Gasteiger partial charge >= 0.3 is 6.09 Å². The molecule has 0 radical (unpaired) electrons. The van der Waals surface area contributed by atoms with Gasteiger partial charge in [0.2, 0.25) is 0 Å². The molecule has 0 aliphatic heterocycles. The Bertz CT molecular complexity index is 356. The molecule has 0 aliphatic rings. The summed E-state index contributed by atoms with van der Waals surface area (Å²) in [5.41, 5.74) is 0.959. The molecule has 0 aromatic heterocycles. The topological polar surface area (TPSA) is 38.3 Å². The molecule has 0 saturated carbocycles. The quantitative estimate of drug-likeness (QED) is 0.751. The second-order valence-corrected chi connectivity index (χ2v) is 4.12. The summed E-state index contributed by atoms with van der Waals surface area (Å²) in [6.07, 6.45) is -0.448. The fourth-order valence-electron chi connectivity index (χ4n) is 1.25. The number of quaternary nitrogens is 1. The van der Waals surface area contributed by atoms with Gasteiger partial charge in [-0.2, -0.15) is 0 Å². The summed E-state index contributed by atoms with van der Waals surface area (Å²) in [7, 11) is 7.60. The van der Waals surface area contributed by atoms with E-state index in [1.54, 1.807) is 6.07 Å². The first kappa shape index (κ1) is 11.5. The van der Waals surface area contributed by atoms with Crippen molar-refractivity contribution in [1.82, 2.24) is 9.80 Å². The average molecular weight is 209 g/mol. The number of hydrogen-bond acceptors (Lipinski definition) is 2. The molecular weight excluding hydrogens is 192 g/mol. The van der Waals surface area contributed by atoms with Crippen LogP contribution in [0.25, 0.3) is 0 Å². The van der Waals surface area contributed by atoms with Gasteiger partial charge in [-0.3, -0.25) is 4.48 Å². The molecule has 0 saturated heterocycles. The zero-order valence-corrected chi connectivity index (χ0v) is 9.57. The molecule has 1 aromatic carbocycles. The summed E-state index contributed by atoms with van der Waals surface area (Å²) in [5, 5.41) is 2.42. The molecule has 0 bridgehead atoms. The van der Waals surface area contributed by atoms with Crippen LogP contribution in [0.4, 0.5) is 10.5 Å². The van der Waals surface area contributed by atoms with Gasteiger partial charge in [-0.1, -0.05) is 12.1 Å². The summed E-state index contributed by atoms with van der Waals surface area (Å²) < 4.78 is 5.76. The van der Waals surface area contributed by atoms with E-state index in [0.29, 0.717) is 10.2 Å². The molecule has 1 rings (SSSR count). The summed E-state index contributed by atoms with van der Waals surface area (Å²) in [4.78, 5) is 11.1. The number of hydrogen-bond donors (Lipinski definition) is 1. The maximum Gasteiger partial charge on any atom is 0.412 e. The van der Waals surface area contributed by atoms with E-state index in [9.17, 15) is 4.79 Å². The van der Waals surface area contributed by atoms with E-state index in [0.717, 1.165) is 5.69 Å². The van der Waals surface area contributed by atoms with Crippen LogP contribution in [0.15, 0.2) is 24.3 Å². The van der Waals surface area contributed by atoms with Gasteiger partial charge in [-0.25, -0.2) is 4.79 Å². The Morgan fingerprint density at radius 2 is 1.87 bits per heavy atom. The highest BCUT2D eigenvalue weighted by atomic mass is 16.6. The van der Waals surface area contributed by atoms with E-state index in [-0.39, 0.29) is 0 Å². The summed E-state index contributed by atoms with van der Waals surface area (Å²) in [6, 6.07) is 7.50. The number of amides is 1. The van der Waals surface area contributed by atoms with Gasteiger partial charge in [0.15, 0.2) is 11.4 Å². The predicted octanol–water partition coefficient (Wildman–Crippen LogP) is 1.60. The maximum absolute atomic E-state index is 11.1. The van der Waals surface area contributed by atoms with Gasteiger partial charge in [0.25, 0.3) is 0 Å². The Hall–Kier alpha value is -1.55. The second-order valence-electron chi connectivity index (χ2n) is 4.12. The Balaban J connectivity index is 3.02. The largest absolute Gasteiger partial charge is 0.412 e. The van der Waals surface area contributed by atoms with Crippen molar-refractivity contribution in [3.63, 3.8) is 0 Å². The Morgan fingerprint density at radius 3 is 2.40 bits per heavy atom. The molecule has 0 atom stereocenters. The molecule has 82 valence electrons. The van der Waals surface area contributed by atoms with Gasteiger partial charge in [0.1, 0.15) is 0 Å². The van der Waals surface area contributed by atoms with Crippen LogP contribution in [0, 0.1) is 0 Å². The van der Waals surface area contributed by atoms with Crippen molar-refractivity contribution in [3.05, 3.63) is 24.3 Å². The van der Waals surface area contributed by atoms with Crippen LogP contribution in [0.2, 0.25) is 0 Å². The number of nitrogens with zero attached hydrogens (tertiary/aromatic N) is 1. The van der Waals surface area contributed by atoms with Crippen LogP contribution in [0.5, 0.6) is 5.75 Å². The summed E-state index contributed by atoms with van der Waals surface area (Å²) in [6.45, 7) is 0. The van der Waals surface area contributed by atoms with Crippen molar-refractivity contribution in [2.24, 2.45) is 0 Å². The predicted molar refractivity (Wildman–Crippen MR) is 61.1 cm³/mol. The van der Waals surface area contributed by atoms with Crippen LogP contribution in [-0.4, -0.2) is 34.3 Å². The van der Waals surface area contributed by atoms with Crippen LogP contribution in [0.3, 0.4) is 0 Å². The fourth-order valence-corrected chi connectivity index (χ4v) is 1.25. The SMILES string of the molecule is CNC(=O)Oc1ccccc1[N+](C)(C)C. The highest BCUT2D eigenvalue weighted by molar-refractivity contribution is 5.72. The summed E-state index contributed by atoms with van der Waals surface area (Å²) >= 11 is 0. The monoisotopic (exact) mass is 209 g/mol. The third kappa shape index (κ3) is 2.95. The van der Waals surface area contributed by atoms with E-state index in [1.165, 1.54) is 7.05 Å². The van der Waals surface area contributed by atoms with Crippen LogP contribution < -0.4 is 14.5 Å². The normalized spacial score (nSPS) is 10.9. The lowest BCUT2D eigenvalue weighted by atomic mass is 10.2. The Morgan fingerprint density at radius 1 is 1.27 bits per heavy atom. The van der Waals surface area contributed by atoms with E-state index >= 15 is 0 Å². The van der Waals surface area contributed by atoms with Crippen molar-refractivity contribution in [1.29, 1.82) is 0 Å². The minimum atomic E-state index is -0.448. The second kappa shape index (κ2) is 4.31. The summed E-state index contributed by atoms with van der Waals surface area (Å²) in [5.74, 6) is 0.587. The molecule has 0 heterocycles. The minimum absolute atomic E-state index is 0.448. The molecule has 1 aromatic rings. The number of nitrogens with one attached hydrogen (secondary N) is 1. The lowest BCUT2D eigenvalue weighted by Gasteiger charge is -2.24. The third-order valence-corrected chi connectivity index (χ3v) is 1.99. The van der Waals surface area contributed by atoms with Crippen LogP contribution in [-0.2, 0) is 0 Å². The molecular formula is C11H17N2O2+. The number of ether oxygens (including phenoxy) is 1. The molecule has 4 heteroatoms. The van der Waals surface area contributed by atoms with Gasteiger partial charge in [-0.15, -0.1) is 0 Å². The molecule has 1 amide bonds. The lowest BCUT2D eigenvalue weighted by molar-refractivity contribution is 0.202. The third-order valence-electron chi connectivity index (χ3n) is 1.99. The fraction of sp³-hybridized carbons (Fsp3) is 0.364. The van der Waals surface area contributed by atoms with Crippen molar-refractivity contribution in [3.8, 4) is 5.75 Å². The number of carbonyl (C=O) groups is 1. The van der Waals surface area contributed by atoms with Gasteiger partial charge < -0.3 is 10.1 Å². The number of benzene rings is 1. The smallest absolute Gasteiger partial charge is 0.404 e. The first-order valence-electron chi connectivity index (χ1n) is 4.75. The number of para-hydroxylation sites is 2. The molecule has 0 unspecified atom stereocenters. The van der Waals surface area contributed by atoms with Crippen LogP contribution >= 0.6 is 0 Å². The molecule has 4 nitrogen and oxygen atoms in total. The van der Waals surface area contributed by atoms with Gasteiger partial charge in [-0.05, 0) is 6.07 Å². The minimum Gasteiger partial charge on any atom is -0.404 e.